The molecule has 132 valence electrons. The zero-order valence-corrected chi connectivity index (χ0v) is 15.6. The van der Waals surface area contributed by atoms with E-state index < -0.39 is 0 Å². The lowest BCUT2D eigenvalue weighted by atomic mass is 9.90. The Morgan fingerprint density at radius 3 is 2.58 bits per heavy atom. The molecular formula is C22H31FO. The molecule has 0 heterocycles. The van der Waals surface area contributed by atoms with Crippen molar-refractivity contribution in [3.8, 4) is 0 Å². The first-order chi connectivity index (χ1) is 11.4. The molecule has 1 nitrogen and oxygen atoms in total. The highest BCUT2D eigenvalue weighted by atomic mass is 19.1. The lowest BCUT2D eigenvalue weighted by Crippen LogP contribution is -2.14. The van der Waals surface area contributed by atoms with E-state index in [-0.39, 0.29) is 17.5 Å². The van der Waals surface area contributed by atoms with Gasteiger partial charge in [-0.25, -0.2) is 4.39 Å². The third-order valence-corrected chi connectivity index (χ3v) is 4.71. The van der Waals surface area contributed by atoms with Crippen molar-refractivity contribution in [1.82, 2.24) is 0 Å². The van der Waals surface area contributed by atoms with Gasteiger partial charge in [-0.15, -0.1) is 6.58 Å². The first kappa shape index (κ1) is 20.3. The predicted molar refractivity (Wildman–Crippen MR) is 101 cm³/mol. The molecule has 2 heteroatoms. The van der Waals surface area contributed by atoms with Crippen LogP contribution < -0.4 is 0 Å². The van der Waals surface area contributed by atoms with Crippen molar-refractivity contribution in [2.24, 2.45) is 5.92 Å². The third-order valence-electron chi connectivity index (χ3n) is 4.71. The van der Waals surface area contributed by atoms with Crippen LogP contribution >= 0.6 is 0 Å². The number of allylic oxidation sites excluding steroid dienone is 3. The normalized spacial score (nSPS) is 13.4. The smallest absolute Gasteiger partial charge is 0.165 e. The fourth-order valence-corrected chi connectivity index (χ4v) is 2.86. The van der Waals surface area contributed by atoms with E-state index in [0.29, 0.717) is 6.42 Å². The molecule has 0 aliphatic rings. The molecule has 0 radical (unpaired) electrons. The minimum atomic E-state index is -0.129. The minimum Gasteiger partial charge on any atom is -0.294 e. The quantitative estimate of drug-likeness (QED) is 0.360. The van der Waals surface area contributed by atoms with Gasteiger partial charge in [0.15, 0.2) is 5.78 Å². The summed E-state index contributed by atoms with van der Waals surface area (Å²) >= 11 is 0. The number of aryl methyl sites for hydroxylation is 2. The maximum Gasteiger partial charge on any atom is 0.165 e. The van der Waals surface area contributed by atoms with Crippen LogP contribution in [0.1, 0.15) is 64.0 Å². The van der Waals surface area contributed by atoms with Gasteiger partial charge in [0, 0.05) is 5.92 Å². The van der Waals surface area contributed by atoms with Crippen LogP contribution in [-0.4, -0.2) is 5.78 Å². The molecule has 1 rings (SSSR count). The third kappa shape index (κ3) is 6.07. The Kier molecular flexibility index (Phi) is 8.67. The highest BCUT2D eigenvalue weighted by molar-refractivity contribution is 5.98. The number of ketones is 1. The first-order valence-corrected chi connectivity index (χ1v) is 8.98. The van der Waals surface area contributed by atoms with Crippen molar-refractivity contribution < 1.29 is 9.18 Å². The Balaban J connectivity index is 2.63. The highest BCUT2D eigenvalue weighted by Crippen LogP contribution is 2.21. The van der Waals surface area contributed by atoms with E-state index >= 15 is 0 Å². The second-order valence-electron chi connectivity index (χ2n) is 6.70. The van der Waals surface area contributed by atoms with Gasteiger partial charge in [0.05, 0.1) is 0 Å². The summed E-state index contributed by atoms with van der Waals surface area (Å²) in [4.78, 5) is 12.6. The topological polar surface area (TPSA) is 17.1 Å². The van der Waals surface area contributed by atoms with Gasteiger partial charge in [0.1, 0.15) is 5.82 Å². The Morgan fingerprint density at radius 1 is 1.29 bits per heavy atom. The number of rotatable bonds is 10. The molecule has 0 bridgehead atoms. The van der Waals surface area contributed by atoms with Crippen LogP contribution in [0.5, 0.6) is 0 Å². The molecule has 0 aromatic heterocycles. The van der Waals surface area contributed by atoms with Gasteiger partial charge in [-0.2, -0.15) is 0 Å². The van der Waals surface area contributed by atoms with E-state index in [9.17, 15) is 9.18 Å². The Morgan fingerprint density at radius 2 is 2.00 bits per heavy atom. The number of hydrogen-bond donors (Lipinski definition) is 0. The van der Waals surface area contributed by atoms with Crippen molar-refractivity contribution in [1.29, 1.82) is 0 Å². The minimum absolute atomic E-state index is 0.0746. The van der Waals surface area contributed by atoms with Gasteiger partial charge in [-0.3, -0.25) is 4.79 Å². The molecule has 1 aromatic rings. The Labute approximate surface area is 146 Å². The summed E-state index contributed by atoms with van der Waals surface area (Å²) in [6, 6.07) is 5.38. The van der Waals surface area contributed by atoms with Crippen LogP contribution in [-0.2, 0) is 11.2 Å². The molecule has 0 fully saturated rings. The average Bonchev–Trinajstić information content (AvgIpc) is 2.56. The number of carbonyl (C=O) groups is 1. The number of benzene rings is 1. The second-order valence-corrected chi connectivity index (χ2v) is 6.70. The van der Waals surface area contributed by atoms with Crippen LogP contribution in [0.2, 0.25) is 0 Å². The van der Waals surface area contributed by atoms with E-state index in [2.05, 4.69) is 13.5 Å². The summed E-state index contributed by atoms with van der Waals surface area (Å²) in [5.74, 6) is -0.0115. The van der Waals surface area contributed by atoms with Crippen LogP contribution in [0.15, 0.2) is 42.0 Å². The lowest BCUT2D eigenvalue weighted by Gasteiger charge is -2.14. The predicted octanol–water partition coefficient (Wildman–Crippen LogP) is 6.35. The van der Waals surface area contributed by atoms with E-state index in [1.807, 2.05) is 32.9 Å². The van der Waals surface area contributed by atoms with E-state index in [4.69, 9.17) is 0 Å². The van der Waals surface area contributed by atoms with Gasteiger partial charge >= 0.3 is 0 Å². The molecule has 1 aromatic carbocycles. The highest BCUT2D eigenvalue weighted by Gasteiger charge is 2.17. The van der Waals surface area contributed by atoms with Crippen LogP contribution in [0.25, 0.3) is 0 Å². The molecule has 0 aliphatic carbocycles. The van der Waals surface area contributed by atoms with E-state index in [0.717, 1.165) is 54.4 Å². The fourth-order valence-electron chi connectivity index (χ4n) is 2.86. The fraction of sp³-hybridized carbons (Fsp3) is 0.500. The van der Waals surface area contributed by atoms with Crippen molar-refractivity contribution in [2.75, 3.05) is 0 Å². The molecule has 0 aliphatic heterocycles. The molecule has 0 N–H and O–H groups in total. The van der Waals surface area contributed by atoms with Gasteiger partial charge in [0.25, 0.3) is 0 Å². The molecule has 0 saturated carbocycles. The summed E-state index contributed by atoms with van der Waals surface area (Å²) in [6.07, 6.45) is 7.15. The number of unbranched alkanes of at least 4 members (excludes halogenated alkanes) is 1. The summed E-state index contributed by atoms with van der Waals surface area (Å²) in [7, 11) is 0. The molecule has 0 spiro atoms. The number of hydrogen-bond acceptors (Lipinski definition) is 1. The number of carbonyl (C=O) groups excluding carboxylic acids is 1. The maximum absolute atomic E-state index is 13.9. The maximum atomic E-state index is 13.9. The molecule has 24 heavy (non-hydrogen) atoms. The van der Waals surface area contributed by atoms with E-state index in [1.54, 1.807) is 12.1 Å². The average molecular weight is 330 g/mol. The van der Waals surface area contributed by atoms with Gasteiger partial charge in [-0.1, -0.05) is 43.5 Å². The number of Topliss-reactive ketones (excluding diaryl/α,β-unsaturated/α-hetero) is 1. The first-order valence-electron chi connectivity index (χ1n) is 8.98. The zero-order chi connectivity index (χ0) is 18.1. The van der Waals surface area contributed by atoms with E-state index in [1.165, 1.54) is 0 Å². The Hall–Kier alpha value is -1.70. The zero-order valence-electron chi connectivity index (χ0n) is 15.6. The van der Waals surface area contributed by atoms with Crippen LogP contribution in [0, 0.1) is 18.7 Å². The van der Waals surface area contributed by atoms with Gasteiger partial charge < -0.3 is 0 Å². The lowest BCUT2D eigenvalue weighted by molar-refractivity contribution is -0.118. The van der Waals surface area contributed by atoms with Crippen molar-refractivity contribution in [3.05, 3.63) is 58.9 Å². The monoisotopic (exact) mass is 330 g/mol. The van der Waals surface area contributed by atoms with Gasteiger partial charge in [0.2, 0.25) is 0 Å². The summed E-state index contributed by atoms with van der Waals surface area (Å²) in [5, 5.41) is 0. The summed E-state index contributed by atoms with van der Waals surface area (Å²) in [5.41, 5.74) is 3.65. The van der Waals surface area contributed by atoms with Crippen molar-refractivity contribution in [3.63, 3.8) is 0 Å². The molecular weight excluding hydrogens is 299 g/mol. The molecule has 1 atom stereocenters. The van der Waals surface area contributed by atoms with Crippen LogP contribution in [0.3, 0.4) is 0 Å². The van der Waals surface area contributed by atoms with Crippen molar-refractivity contribution >= 4 is 5.78 Å². The number of halogens is 1. The largest absolute Gasteiger partial charge is 0.294 e. The standard InChI is InChI=1S/C22H31FO/c1-6-8-11-19(7-2)22(24)18(5)17(4)10-9-12-20-14-13-16(3)15-21(20)23/h7,13-15,19H,2,6,8-12H2,1,3-5H3/b18-17+. The molecule has 1 unspecified atom stereocenters. The van der Waals surface area contributed by atoms with Crippen molar-refractivity contribution in [2.45, 2.75) is 66.2 Å². The second kappa shape index (κ2) is 10.2. The molecule has 0 saturated heterocycles. The molecule has 0 amide bonds. The van der Waals surface area contributed by atoms with Crippen LogP contribution in [0.4, 0.5) is 4.39 Å². The van der Waals surface area contributed by atoms with Gasteiger partial charge in [-0.05, 0) is 69.2 Å². The summed E-state index contributed by atoms with van der Waals surface area (Å²) < 4.78 is 13.9. The Bertz CT molecular complexity index is 598. The summed E-state index contributed by atoms with van der Waals surface area (Å²) in [6.45, 7) is 11.8. The SMILES string of the molecule is C=CC(CCCC)C(=O)/C(C)=C(\C)CCCc1ccc(C)cc1F.